The molecular formula is C19H19ClInN3O2S. The summed E-state index contributed by atoms with van der Waals surface area (Å²) in [6.07, 6.45) is 6.63. The van der Waals surface area contributed by atoms with Crippen molar-refractivity contribution in [3.8, 4) is 0 Å². The Hall–Kier alpha value is -1.18. The van der Waals surface area contributed by atoms with Crippen molar-refractivity contribution in [2.45, 2.75) is 37.8 Å². The Morgan fingerprint density at radius 1 is 1.41 bits per heavy atom. The van der Waals surface area contributed by atoms with Gasteiger partial charge in [0.15, 0.2) is 0 Å². The van der Waals surface area contributed by atoms with E-state index in [1.807, 2.05) is 16.9 Å². The van der Waals surface area contributed by atoms with E-state index < -0.39 is 27.4 Å². The first-order valence-corrected chi connectivity index (χ1v) is 15.4. The van der Waals surface area contributed by atoms with Gasteiger partial charge in [-0.2, -0.15) is 0 Å². The number of hydrogen-bond acceptors (Lipinski definition) is 4. The topological polar surface area (TPSA) is 68.0 Å². The van der Waals surface area contributed by atoms with Gasteiger partial charge in [-0.05, 0) is 0 Å². The summed E-state index contributed by atoms with van der Waals surface area (Å²) < 4.78 is 7.19. The van der Waals surface area contributed by atoms with Gasteiger partial charge >= 0.3 is 176 Å². The van der Waals surface area contributed by atoms with Gasteiger partial charge in [0.2, 0.25) is 0 Å². The van der Waals surface area contributed by atoms with Crippen LogP contribution < -0.4 is 3.32 Å². The SMILES string of the molecule is CC(C)n1c[c]([In]2[CH]=C(Cl)C(Sc3cccc(C(=O)O)n3)=[C]2C2CC2)cn1. The van der Waals surface area contributed by atoms with E-state index in [0.29, 0.717) is 17.0 Å². The van der Waals surface area contributed by atoms with Gasteiger partial charge in [0.25, 0.3) is 0 Å². The number of aromatic carboxylic acids is 1. The van der Waals surface area contributed by atoms with Gasteiger partial charge in [-0.25, -0.2) is 0 Å². The van der Waals surface area contributed by atoms with Crippen molar-refractivity contribution < 1.29 is 9.90 Å². The minimum atomic E-state index is -2.37. The summed E-state index contributed by atoms with van der Waals surface area (Å²) >= 11 is 5.82. The molecule has 1 aliphatic carbocycles. The maximum absolute atomic E-state index is 11.2. The number of rotatable bonds is 6. The number of nitrogens with zero attached hydrogens (tertiary/aromatic N) is 3. The Labute approximate surface area is 175 Å². The van der Waals surface area contributed by atoms with Gasteiger partial charge in [0, 0.05) is 0 Å². The van der Waals surface area contributed by atoms with Crippen LogP contribution in [-0.4, -0.2) is 47.3 Å². The van der Waals surface area contributed by atoms with Crippen molar-refractivity contribution in [1.29, 1.82) is 0 Å². The van der Waals surface area contributed by atoms with Crippen molar-refractivity contribution >= 4 is 54.1 Å². The van der Waals surface area contributed by atoms with E-state index in [2.05, 4.69) is 34.0 Å². The van der Waals surface area contributed by atoms with Crippen molar-refractivity contribution in [3.05, 3.63) is 53.4 Å². The summed E-state index contributed by atoms with van der Waals surface area (Å²) in [5.74, 6) is -0.397. The quantitative estimate of drug-likeness (QED) is 0.647. The standard InChI is InChI=1S/C13H10ClNO2S.C6H9N2.In/c1-8(14)11(7-9-5-6-9)18-12-4-2-3-10(15-12)13(16)17;1-6(2)8-5-3-4-7-8;/h1-4,9H,5-6H2,(H,16,17);4-6H,1-2H3;. The fourth-order valence-electron chi connectivity index (χ4n) is 3.30. The Morgan fingerprint density at radius 2 is 2.19 bits per heavy atom. The molecule has 1 fully saturated rings. The third-order valence-corrected chi connectivity index (χ3v) is 16.4. The molecule has 27 heavy (non-hydrogen) atoms. The molecule has 5 nitrogen and oxygen atoms in total. The molecule has 0 aromatic carbocycles. The molecule has 3 heterocycles. The first-order valence-electron chi connectivity index (χ1n) is 8.98. The number of allylic oxidation sites excluding steroid dienone is 2. The molecule has 2 aromatic rings. The van der Waals surface area contributed by atoms with Crippen molar-refractivity contribution in [1.82, 2.24) is 14.8 Å². The van der Waals surface area contributed by atoms with Gasteiger partial charge in [0.1, 0.15) is 0 Å². The third kappa shape index (κ3) is 4.00. The molecule has 0 amide bonds. The van der Waals surface area contributed by atoms with Crippen molar-refractivity contribution in [3.63, 3.8) is 0 Å². The number of hydrogen-bond donors (Lipinski definition) is 1. The molecule has 138 valence electrons. The molecule has 1 N–H and O–H groups in total. The van der Waals surface area contributed by atoms with E-state index >= 15 is 0 Å². The van der Waals surface area contributed by atoms with Crippen LogP contribution in [0.3, 0.4) is 0 Å². The number of carboxylic acids is 1. The van der Waals surface area contributed by atoms with Crippen LogP contribution >= 0.6 is 23.4 Å². The van der Waals surface area contributed by atoms with Crippen LogP contribution in [0.1, 0.15) is 43.2 Å². The van der Waals surface area contributed by atoms with Crippen LogP contribution in [0.25, 0.3) is 0 Å². The molecule has 2 aromatic heterocycles. The van der Waals surface area contributed by atoms with E-state index in [4.69, 9.17) is 11.6 Å². The second-order valence-electron chi connectivity index (χ2n) is 7.17. The summed E-state index contributed by atoms with van der Waals surface area (Å²) in [5.41, 5.74) is 0.0601. The number of halogens is 1. The molecule has 1 saturated carbocycles. The molecule has 0 saturated heterocycles. The number of carboxylic acid groups (broad SMARTS) is 1. The zero-order valence-corrected chi connectivity index (χ0v) is 20.0. The van der Waals surface area contributed by atoms with Crippen LogP contribution in [-0.2, 0) is 0 Å². The molecule has 0 bridgehead atoms. The third-order valence-electron chi connectivity index (χ3n) is 4.80. The summed E-state index contributed by atoms with van der Waals surface area (Å²) in [4.78, 5) is 16.6. The second-order valence-corrected chi connectivity index (χ2v) is 16.0. The second kappa shape index (κ2) is 7.68. The van der Waals surface area contributed by atoms with E-state index in [9.17, 15) is 9.90 Å². The van der Waals surface area contributed by atoms with Crippen LogP contribution in [0.2, 0.25) is 0 Å². The molecule has 0 spiro atoms. The Balaban J connectivity index is 1.69. The number of pyridine rings is 1. The van der Waals surface area contributed by atoms with Gasteiger partial charge in [-0.1, -0.05) is 0 Å². The molecule has 0 radical (unpaired) electrons. The monoisotopic (exact) mass is 503 g/mol. The Morgan fingerprint density at radius 3 is 2.81 bits per heavy atom. The molecule has 0 unspecified atom stereocenters. The van der Waals surface area contributed by atoms with Crippen LogP contribution in [0.5, 0.6) is 0 Å². The predicted octanol–water partition coefficient (Wildman–Crippen LogP) is 3.93. The van der Waals surface area contributed by atoms with Crippen LogP contribution in [0.15, 0.2) is 52.7 Å². The minimum absolute atomic E-state index is 0.0601. The molecule has 0 atom stereocenters. The first kappa shape index (κ1) is 19.2. The average Bonchev–Trinajstić information content (AvgIpc) is 3.25. The van der Waals surface area contributed by atoms with Crippen LogP contribution in [0, 0.1) is 5.92 Å². The van der Waals surface area contributed by atoms with E-state index in [-0.39, 0.29) is 5.69 Å². The van der Waals surface area contributed by atoms with E-state index in [0.717, 1.165) is 9.94 Å². The van der Waals surface area contributed by atoms with Crippen LogP contribution in [0.4, 0.5) is 0 Å². The molecule has 1 aliphatic heterocycles. The van der Waals surface area contributed by atoms with Crippen molar-refractivity contribution in [2.75, 3.05) is 0 Å². The molecular weight excluding hydrogens is 485 g/mol. The van der Waals surface area contributed by atoms with E-state index in [1.165, 1.54) is 37.3 Å². The zero-order chi connectivity index (χ0) is 19.1. The van der Waals surface area contributed by atoms with Crippen molar-refractivity contribution in [2.24, 2.45) is 5.92 Å². The summed E-state index contributed by atoms with van der Waals surface area (Å²) in [6.45, 7) is 4.26. The fourth-order valence-corrected chi connectivity index (χ4v) is 15.9. The molecule has 8 heteroatoms. The number of thioether (sulfide) groups is 1. The Kier molecular flexibility index (Phi) is 5.45. The maximum atomic E-state index is 11.2. The van der Waals surface area contributed by atoms with Gasteiger partial charge in [-0.3, -0.25) is 0 Å². The van der Waals surface area contributed by atoms with Gasteiger partial charge < -0.3 is 0 Å². The number of carbonyl (C=O) groups is 1. The molecule has 2 aliphatic rings. The van der Waals surface area contributed by atoms with E-state index in [1.54, 1.807) is 6.07 Å². The van der Waals surface area contributed by atoms with Gasteiger partial charge in [0.05, 0.1) is 0 Å². The predicted molar refractivity (Wildman–Crippen MR) is 109 cm³/mol. The zero-order valence-electron chi connectivity index (χ0n) is 15.1. The molecule has 4 rings (SSSR count). The first-order chi connectivity index (χ1) is 12.9. The Bertz CT molecular complexity index is 965. The normalized spacial score (nSPS) is 17.0. The summed E-state index contributed by atoms with van der Waals surface area (Å²) in [6, 6.07) is 5.43. The number of aromatic nitrogens is 3. The fraction of sp³-hybridized carbons (Fsp3) is 0.316. The average molecular weight is 504 g/mol. The summed E-state index contributed by atoms with van der Waals surface area (Å²) in [5, 5.41) is 15.2. The van der Waals surface area contributed by atoms with Gasteiger partial charge in [-0.15, -0.1) is 0 Å². The summed E-state index contributed by atoms with van der Waals surface area (Å²) in [7, 11) is 0.